The molecule has 1 rings (SSSR count). The zero-order chi connectivity index (χ0) is 13.8. The van der Waals surface area contributed by atoms with Crippen LogP contribution in [0.4, 0.5) is 0 Å². The Morgan fingerprint density at radius 1 is 1.44 bits per heavy atom. The van der Waals surface area contributed by atoms with Crippen LogP contribution in [0.3, 0.4) is 0 Å². The lowest BCUT2D eigenvalue weighted by Gasteiger charge is -2.24. The fourth-order valence-corrected chi connectivity index (χ4v) is 2.19. The minimum Gasteiger partial charge on any atom is -0.481 e. The smallest absolute Gasteiger partial charge is 0.305 e. The van der Waals surface area contributed by atoms with E-state index in [4.69, 9.17) is 14.6 Å². The van der Waals surface area contributed by atoms with Gasteiger partial charge in [0, 0.05) is 12.6 Å². The molecule has 0 aromatic carbocycles. The van der Waals surface area contributed by atoms with Crippen LogP contribution in [-0.2, 0) is 14.3 Å². The van der Waals surface area contributed by atoms with Crippen LogP contribution in [0.15, 0.2) is 0 Å². The van der Waals surface area contributed by atoms with E-state index in [9.17, 15) is 4.79 Å². The van der Waals surface area contributed by atoms with Gasteiger partial charge in [0.1, 0.15) is 0 Å². The second kappa shape index (κ2) is 6.50. The summed E-state index contributed by atoms with van der Waals surface area (Å²) in [5, 5.41) is 8.52. The number of carbonyl (C=O) groups is 1. The lowest BCUT2D eigenvalue weighted by Crippen LogP contribution is -2.30. The van der Waals surface area contributed by atoms with Gasteiger partial charge in [0.05, 0.1) is 31.3 Å². The Morgan fingerprint density at radius 3 is 2.67 bits per heavy atom. The molecule has 18 heavy (non-hydrogen) atoms. The number of nitrogens with zero attached hydrogens (tertiary/aromatic N) is 1. The van der Waals surface area contributed by atoms with E-state index in [1.807, 2.05) is 0 Å². The van der Waals surface area contributed by atoms with Gasteiger partial charge in [0.25, 0.3) is 0 Å². The van der Waals surface area contributed by atoms with Gasteiger partial charge >= 0.3 is 5.97 Å². The first-order valence-electron chi connectivity index (χ1n) is 6.45. The van der Waals surface area contributed by atoms with Crippen LogP contribution < -0.4 is 0 Å². The van der Waals surface area contributed by atoms with Crippen LogP contribution in [-0.4, -0.2) is 60.5 Å². The molecule has 1 unspecified atom stereocenters. The molecule has 0 bridgehead atoms. The summed E-state index contributed by atoms with van der Waals surface area (Å²) in [7, 11) is 2.05. The lowest BCUT2D eigenvalue weighted by molar-refractivity contribution is -0.138. The maximum Gasteiger partial charge on any atom is 0.305 e. The molecule has 2 atom stereocenters. The minimum absolute atomic E-state index is 0.0678. The molecule has 1 fully saturated rings. The molecular weight excluding hydrogens is 234 g/mol. The van der Waals surface area contributed by atoms with E-state index >= 15 is 0 Å². The molecular formula is C13H25NO4. The summed E-state index contributed by atoms with van der Waals surface area (Å²) in [5.74, 6) is -0.816. The molecule has 0 aliphatic carbocycles. The summed E-state index contributed by atoms with van der Waals surface area (Å²) >= 11 is 0. The monoisotopic (exact) mass is 259 g/mol. The van der Waals surface area contributed by atoms with Crippen molar-refractivity contribution in [3.05, 3.63) is 0 Å². The van der Waals surface area contributed by atoms with Crippen LogP contribution in [0.1, 0.15) is 33.6 Å². The third-order valence-corrected chi connectivity index (χ3v) is 2.94. The number of likely N-dealkylation sites (N-methyl/N-ethyl adjacent to an activating group) is 1. The highest BCUT2D eigenvalue weighted by Crippen LogP contribution is 2.23. The molecule has 5 nitrogen and oxygen atoms in total. The van der Waals surface area contributed by atoms with E-state index in [1.165, 1.54) is 0 Å². The maximum absolute atomic E-state index is 10.4. The Balaban J connectivity index is 2.25. The van der Waals surface area contributed by atoms with Gasteiger partial charge in [-0.3, -0.25) is 9.69 Å². The van der Waals surface area contributed by atoms with Gasteiger partial charge in [0.15, 0.2) is 0 Å². The van der Waals surface area contributed by atoms with Crippen molar-refractivity contribution in [3.63, 3.8) is 0 Å². The zero-order valence-electron chi connectivity index (χ0n) is 11.8. The van der Waals surface area contributed by atoms with Crippen LogP contribution >= 0.6 is 0 Å². The van der Waals surface area contributed by atoms with Crippen molar-refractivity contribution < 1.29 is 19.4 Å². The number of likely N-dealkylation sites (tertiary alicyclic amines) is 1. The fraction of sp³-hybridized carbons (Fsp3) is 0.923. The van der Waals surface area contributed by atoms with Crippen molar-refractivity contribution in [2.24, 2.45) is 0 Å². The van der Waals surface area contributed by atoms with Crippen LogP contribution in [0.2, 0.25) is 0 Å². The van der Waals surface area contributed by atoms with E-state index in [2.05, 4.69) is 32.7 Å². The summed E-state index contributed by atoms with van der Waals surface area (Å²) < 4.78 is 11.4. The molecule has 0 amide bonds. The largest absolute Gasteiger partial charge is 0.481 e. The van der Waals surface area contributed by atoms with Crippen molar-refractivity contribution in [1.82, 2.24) is 4.90 Å². The van der Waals surface area contributed by atoms with Gasteiger partial charge in [-0.15, -0.1) is 0 Å². The quantitative estimate of drug-likeness (QED) is 0.730. The Kier molecular flexibility index (Phi) is 5.56. The maximum atomic E-state index is 10.4. The Morgan fingerprint density at radius 2 is 2.11 bits per heavy atom. The number of hydrogen-bond acceptors (Lipinski definition) is 4. The zero-order valence-corrected chi connectivity index (χ0v) is 11.8. The molecule has 0 aromatic rings. The highest BCUT2D eigenvalue weighted by molar-refractivity contribution is 5.66. The normalized spacial score (nSPS) is 25.6. The fourth-order valence-electron chi connectivity index (χ4n) is 2.19. The molecule has 1 N–H and O–H groups in total. The predicted octanol–water partition coefficient (Wildman–Crippen LogP) is 1.37. The molecule has 1 saturated heterocycles. The van der Waals surface area contributed by atoms with Crippen LogP contribution in [0.25, 0.3) is 0 Å². The van der Waals surface area contributed by atoms with Crippen molar-refractivity contribution in [3.8, 4) is 0 Å². The molecule has 1 aliphatic rings. The Labute approximate surface area is 109 Å². The minimum atomic E-state index is -0.816. The summed E-state index contributed by atoms with van der Waals surface area (Å²) in [5.41, 5.74) is -0.120. The van der Waals surface area contributed by atoms with E-state index in [-0.39, 0.29) is 24.7 Å². The second-order valence-electron chi connectivity index (χ2n) is 5.90. The first-order chi connectivity index (χ1) is 8.28. The van der Waals surface area contributed by atoms with Gasteiger partial charge in [0.2, 0.25) is 0 Å². The number of hydrogen-bond donors (Lipinski definition) is 1. The lowest BCUT2D eigenvalue weighted by atomic mass is 10.1. The molecule has 0 aromatic heterocycles. The standard InChI is InChI=1S/C13H25NO4/c1-13(2,3)18-11-7-10(14(4)8-11)9-17-6-5-12(15)16/h10-11H,5-9H2,1-4H3,(H,15,16)/t10-,11?/m0/s1. The SMILES string of the molecule is CN1CC(OC(C)(C)C)C[C@H]1COCCC(=O)O. The van der Waals surface area contributed by atoms with Gasteiger partial charge in [-0.05, 0) is 34.2 Å². The molecule has 1 heterocycles. The Hall–Kier alpha value is -0.650. The molecule has 0 saturated carbocycles. The topological polar surface area (TPSA) is 59.0 Å². The molecule has 1 aliphatic heterocycles. The number of ether oxygens (including phenoxy) is 2. The van der Waals surface area contributed by atoms with E-state index in [0.29, 0.717) is 12.6 Å². The van der Waals surface area contributed by atoms with E-state index in [0.717, 1.165) is 13.0 Å². The second-order valence-corrected chi connectivity index (χ2v) is 5.90. The number of aliphatic carboxylic acids is 1. The molecule has 5 heteroatoms. The number of carboxylic acid groups (broad SMARTS) is 1. The van der Waals surface area contributed by atoms with Gasteiger partial charge in [-0.1, -0.05) is 0 Å². The van der Waals surface area contributed by atoms with Crippen LogP contribution in [0.5, 0.6) is 0 Å². The van der Waals surface area contributed by atoms with E-state index < -0.39 is 5.97 Å². The first-order valence-corrected chi connectivity index (χ1v) is 6.45. The highest BCUT2D eigenvalue weighted by atomic mass is 16.5. The summed E-state index contributed by atoms with van der Waals surface area (Å²) in [6, 6.07) is 0.325. The van der Waals surface area contributed by atoms with Crippen molar-refractivity contribution in [2.75, 3.05) is 26.8 Å². The summed E-state index contributed by atoms with van der Waals surface area (Å²) in [6.07, 6.45) is 1.25. The average molecular weight is 259 g/mol. The van der Waals surface area contributed by atoms with Crippen molar-refractivity contribution in [1.29, 1.82) is 0 Å². The van der Waals surface area contributed by atoms with E-state index in [1.54, 1.807) is 0 Å². The number of rotatable bonds is 6. The first kappa shape index (κ1) is 15.4. The van der Waals surface area contributed by atoms with Gasteiger partial charge in [-0.2, -0.15) is 0 Å². The summed E-state index contributed by atoms with van der Waals surface area (Å²) in [4.78, 5) is 12.6. The average Bonchev–Trinajstić information content (AvgIpc) is 2.50. The van der Waals surface area contributed by atoms with Gasteiger partial charge < -0.3 is 14.6 Å². The third-order valence-electron chi connectivity index (χ3n) is 2.94. The van der Waals surface area contributed by atoms with Gasteiger partial charge in [-0.25, -0.2) is 0 Å². The highest BCUT2D eigenvalue weighted by Gasteiger charge is 2.32. The third kappa shape index (κ3) is 5.80. The molecule has 106 valence electrons. The van der Waals surface area contributed by atoms with Crippen molar-refractivity contribution in [2.45, 2.75) is 51.4 Å². The predicted molar refractivity (Wildman–Crippen MR) is 68.7 cm³/mol. The Bertz CT molecular complexity index is 275. The number of carboxylic acids is 1. The van der Waals surface area contributed by atoms with Crippen LogP contribution in [0, 0.1) is 0 Å². The molecule has 0 spiro atoms. The molecule has 0 radical (unpaired) electrons. The van der Waals surface area contributed by atoms with Crippen molar-refractivity contribution >= 4 is 5.97 Å². The summed E-state index contributed by atoms with van der Waals surface area (Å²) in [6.45, 7) is 7.94.